The van der Waals surface area contributed by atoms with Crippen LogP contribution in [0.3, 0.4) is 0 Å². The van der Waals surface area contributed by atoms with E-state index in [1.54, 1.807) is 41.6 Å². The van der Waals surface area contributed by atoms with E-state index < -0.39 is 5.41 Å². The Morgan fingerprint density at radius 3 is 1.05 bits per heavy atom. The Kier molecular flexibility index (Phi) is 12.8. The summed E-state index contributed by atoms with van der Waals surface area (Å²) in [6, 6.07) is 41.4. The van der Waals surface area contributed by atoms with E-state index in [4.69, 9.17) is 41.0 Å². The van der Waals surface area contributed by atoms with Gasteiger partial charge in [0.2, 0.25) is 0 Å². The van der Waals surface area contributed by atoms with E-state index in [2.05, 4.69) is 43.3 Å². The van der Waals surface area contributed by atoms with Gasteiger partial charge in [-0.3, -0.25) is 0 Å². The van der Waals surface area contributed by atoms with Crippen LogP contribution >= 0.6 is 23.0 Å². The molecule has 0 saturated carbocycles. The van der Waals surface area contributed by atoms with Gasteiger partial charge in [-0.1, -0.05) is 36.4 Å². The summed E-state index contributed by atoms with van der Waals surface area (Å²) in [5.41, 5.74) is 4.52. The molecule has 0 aliphatic rings. The molecule has 1 unspecified atom stereocenters. The molecule has 0 bridgehead atoms. The maximum Gasteiger partial charge on any atom is 0.192 e. The number of hydrogen-bond acceptors (Lipinski definition) is 9. The molecule has 0 heterocycles. The molecular formula is C45H43IO9. The van der Waals surface area contributed by atoms with Crippen LogP contribution in [0, 0.1) is 0 Å². The zero-order chi connectivity index (χ0) is 38.8. The summed E-state index contributed by atoms with van der Waals surface area (Å²) in [6.07, 6.45) is 0. The van der Waals surface area contributed by atoms with Gasteiger partial charge in [0.05, 0.1) is 35.5 Å². The largest absolute Gasteiger partial charge is 0.497 e. The number of hydrogen-bond donors (Lipinski definition) is 0. The van der Waals surface area contributed by atoms with Crippen molar-refractivity contribution in [3.63, 3.8) is 0 Å². The van der Waals surface area contributed by atoms with E-state index in [0.29, 0.717) is 59.2 Å². The highest BCUT2D eigenvalue weighted by Crippen LogP contribution is 2.41. The number of halogens is 1. The molecule has 0 aromatic heterocycles. The first-order valence-electron chi connectivity index (χ1n) is 17.4. The lowest BCUT2D eigenvalue weighted by atomic mass is 9.71. The van der Waals surface area contributed by atoms with Crippen molar-refractivity contribution in [1.29, 1.82) is 0 Å². The van der Waals surface area contributed by atoms with Crippen molar-refractivity contribution in [3.8, 4) is 57.5 Å². The fraction of sp³-hybridized carbons (Fsp3) is 0.200. The Bertz CT molecular complexity index is 2000. The quantitative estimate of drug-likeness (QED) is 0.0658. The summed E-state index contributed by atoms with van der Waals surface area (Å²) in [5, 5.41) is 0. The van der Waals surface area contributed by atoms with E-state index in [1.165, 1.54) is 0 Å². The third-order valence-corrected chi connectivity index (χ3v) is 9.85. The van der Waals surface area contributed by atoms with Crippen LogP contribution in [0.1, 0.15) is 34.7 Å². The normalized spacial score (nSPS) is 11.8. The third-order valence-electron chi connectivity index (χ3n) is 9.34. The Hall–Kier alpha value is -5.75. The van der Waals surface area contributed by atoms with Crippen molar-refractivity contribution in [2.75, 3.05) is 35.5 Å². The van der Waals surface area contributed by atoms with Crippen LogP contribution in [-0.2, 0) is 18.6 Å². The number of benzene rings is 6. The second-order valence-corrected chi connectivity index (χ2v) is 13.2. The Morgan fingerprint density at radius 2 is 0.691 bits per heavy atom. The zero-order valence-electron chi connectivity index (χ0n) is 31.6. The van der Waals surface area contributed by atoms with E-state index in [-0.39, 0.29) is 0 Å². The molecule has 0 aliphatic carbocycles. The number of ether oxygens (including phenoxy) is 8. The van der Waals surface area contributed by atoms with E-state index in [9.17, 15) is 0 Å². The molecule has 6 aromatic rings. The predicted octanol–water partition coefficient (Wildman–Crippen LogP) is 10.8. The smallest absolute Gasteiger partial charge is 0.192 e. The molecule has 9 nitrogen and oxygen atoms in total. The number of methoxy groups -OCH3 is 5. The molecule has 0 N–H and O–H groups in total. The fourth-order valence-electron chi connectivity index (χ4n) is 6.26. The van der Waals surface area contributed by atoms with Gasteiger partial charge >= 0.3 is 0 Å². The molecule has 1 atom stereocenters. The lowest BCUT2D eigenvalue weighted by Gasteiger charge is -2.32. The van der Waals surface area contributed by atoms with Crippen LogP contribution in [0.15, 0.2) is 127 Å². The minimum atomic E-state index is -0.561. The maximum absolute atomic E-state index is 6.23. The first-order valence-corrected chi connectivity index (χ1v) is 18.3. The Labute approximate surface area is 336 Å². The van der Waals surface area contributed by atoms with Crippen molar-refractivity contribution in [1.82, 2.24) is 0 Å². The minimum Gasteiger partial charge on any atom is -0.497 e. The molecule has 6 rings (SSSR count). The summed E-state index contributed by atoms with van der Waals surface area (Å²) in [4.78, 5) is 0. The van der Waals surface area contributed by atoms with Gasteiger partial charge in [0, 0.05) is 35.7 Å². The molecule has 0 aliphatic heterocycles. The molecule has 0 fully saturated rings. The predicted molar refractivity (Wildman–Crippen MR) is 220 cm³/mol. The van der Waals surface area contributed by atoms with Crippen molar-refractivity contribution in [2.45, 2.75) is 25.6 Å². The summed E-state index contributed by atoms with van der Waals surface area (Å²) in [6.45, 7) is 2.92. The van der Waals surface area contributed by atoms with E-state index in [1.807, 2.05) is 108 Å². The molecule has 0 radical (unpaired) electrons. The van der Waals surface area contributed by atoms with Crippen LogP contribution in [0.2, 0.25) is 0 Å². The lowest BCUT2D eigenvalue weighted by Crippen LogP contribution is -2.25. The van der Waals surface area contributed by atoms with Crippen LogP contribution in [-0.4, -0.2) is 35.5 Å². The minimum absolute atomic E-state index is 0.353. The Balaban J connectivity index is 1.27. The van der Waals surface area contributed by atoms with E-state index in [0.717, 1.165) is 39.3 Å². The van der Waals surface area contributed by atoms with Gasteiger partial charge < -0.3 is 41.0 Å². The van der Waals surface area contributed by atoms with Crippen LogP contribution in [0.4, 0.5) is 0 Å². The lowest BCUT2D eigenvalue weighted by molar-refractivity contribution is 0.303. The molecule has 284 valence electrons. The average Bonchev–Trinajstić information content (AvgIpc) is 3.24. The second-order valence-electron chi connectivity index (χ2n) is 12.7. The standard InChI is InChI=1S/C45H43IO9/c1-45(34-11-17-37(18-12-34)54-43-25-41(50-5)24-42(26-43)51-6,32-7-13-35(14-8-32)52-28-30-19-38(47-2)23-39(20-30)48-3)33-9-15-36(16-10-33)53-29-31-21-40(49-4)27-44(22-31)55-46/h7-27H,28-29H2,1-6H3. The molecule has 6 aromatic carbocycles. The molecule has 10 heteroatoms. The molecule has 55 heavy (non-hydrogen) atoms. The first-order chi connectivity index (χ1) is 26.8. The van der Waals surface area contributed by atoms with Crippen LogP contribution in [0.25, 0.3) is 0 Å². The molecule has 0 amide bonds. The fourth-order valence-corrected chi connectivity index (χ4v) is 6.52. The van der Waals surface area contributed by atoms with Gasteiger partial charge in [-0.05, 0) is 95.4 Å². The summed E-state index contributed by atoms with van der Waals surface area (Å²) >= 11 is 1.86. The molecule has 0 spiro atoms. The topological polar surface area (TPSA) is 83.1 Å². The van der Waals surface area contributed by atoms with Gasteiger partial charge in [0.1, 0.15) is 70.7 Å². The van der Waals surface area contributed by atoms with Gasteiger partial charge in [0.25, 0.3) is 0 Å². The highest BCUT2D eigenvalue weighted by atomic mass is 127. The van der Waals surface area contributed by atoms with Gasteiger partial charge in [-0.25, -0.2) is 0 Å². The first kappa shape index (κ1) is 39.0. The molecular weight excluding hydrogens is 811 g/mol. The second kappa shape index (κ2) is 18.1. The van der Waals surface area contributed by atoms with Gasteiger partial charge in [0.15, 0.2) is 23.0 Å². The monoisotopic (exact) mass is 854 g/mol. The highest BCUT2D eigenvalue weighted by Gasteiger charge is 2.31. The summed E-state index contributed by atoms with van der Waals surface area (Å²) < 4.78 is 51.2. The Morgan fingerprint density at radius 1 is 0.382 bits per heavy atom. The zero-order valence-corrected chi connectivity index (χ0v) is 33.7. The summed E-state index contributed by atoms with van der Waals surface area (Å²) in [5.74, 6) is 6.87. The van der Waals surface area contributed by atoms with Crippen LogP contribution < -0.4 is 41.0 Å². The SMILES string of the molecule is COc1cc(COc2ccc(C(C)(c3ccc(OCc4cc(OC)cc(OI)c4)cc3)c3ccc(Oc4cc(OC)cc(OC)c4)cc3)cc2)cc(OC)c1. The van der Waals surface area contributed by atoms with E-state index >= 15 is 0 Å². The van der Waals surface area contributed by atoms with Gasteiger partial charge in [-0.2, -0.15) is 0 Å². The van der Waals surface area contributed by atoms with Crippen LogP contribution in [0.5, 0.6) is 57.5 Å². The van der Waals surface area contributed by atoms with Crippen molar-refractivity contribution in [2.24, 2.45) is 0 Å². The average molecular weight is 855 g/mol. The van der Waals surface area contributed by atoms with Crippen molar-refractivity contribution < 1.29 is 41.0 Å². The number of rotatable bonds is 17. The third kappa shape index (κ3) is 9.50. The molecule has 0 saturated heterocycles. The van der Waals surface area contributed by atoms with Crippen molar-refractivity contribution in [3.05, 3.63) is 155 Å². The van der Waals surface area contributed by atoms with Crippen molar-refractivity contribution >= 4 is 23.0 Å². The summed E-state index contributed by atoms with van der Waals surface area (Å²) in [7, 11) is 8.12. The maximum atomic E-state index is 6.23. The van der Waals surface area contributed by atoms with Gasteiger partial charge in [-0.15, -0.1) is 0 Å². The highest BCUT2D eigenvalue weighted by molar-refractivity contribution is 14.1.